The molecular weight excluding hydrogens is 210 g/mol. The van der Waals surface area contributed by atoms with Crippen LogP contribution in [0.1, 0.15) is 32.6 Å². The second-order valence-corrected chi connectivity index (χ2v) is 4.45. The van der Waals surface area contributed by atoms with Gasteiger partial charge in [-0.25, -0.2) is 4.79 Å². The number of hydrogen-bond donors (Lipinski definition) is 3. The monoisotopic (exact) mass is 229 g/mol. The van der Waals surface area contributed by atoms with E-state index in [9.17, 15) is 9.59 Å². The molecule has 5 nitrogen and oxygen atoms in total. The summed E-state index contributed by atoms with van der Waals surface area (Å²) >= 11 is 0. The Bertz CT molecular complexity index is 267. The van der Waals surface area contributed by atoms with Crippen LogP contribution in [-0.4, -0.2) is 34.7 Å². The highest BCUT2D eigenvalue weighted by Gasteiger charge is 2.29. The molecule has 1 saturated carbocycles. The van der Waals surface area contributed by atoms with Crippen molar-refractivity contribution in [3.8, 4) is 0 Å². The molecule has 0 aromatic heterocycles. The van der Waals surface area contributed by atoms with Gasteiger partial charge >= 0.3 is 5.97 Å². The molecule has 1 aliphatic carbocycles. The van der Waals surface area contributed by atoms with Crippen molar-refractivity contribution in [1.82, 2.24) is 5.32 Å². The number of carboxylic acid groups (broad SMARTS) is 1. The van der Waals surface area contributed by atoms with E-state index in [4.69, 9.17) is 10.2 Å². The summed E-state index contributed by atoms with van der Waals surface area (Å²) in [6, 6.07) is 0. The molecule has 0 aromatic carbocycles. The Morgan fingerprint density at radius 2 is 2.12 bits per heavy atom. The quantitative estimate of drug-likeness (QED) is 0.636. The Balaban J connectivity index is 2.22. The summed E-state index contributed by atoms with van der Waals surface area (Å²) in [5.41, 5.74) is 0. The summed E-state index contributed by atoms with van der Waals surface area (Å²) in [4.78, 5) is 22.0. The Labute approximate surface area is 94.8 Å². The number of carboxylic acids is 1. The first-order chi connectivity index (χ1) is 7.52. The second-order valence-electron chi connectivity index (χ2n) is 4.45. The van der Waals surface area contributed by atoms with Crippen molar-refractivity contribution in [3.63, 3.8) is 0 Å². The standard InChI is InChI=1S/C11H19NO4/c1-7-3-2-4-8(7)10(14)12-6-5-9(13)11(15)16/h7-9,13H,2-6H2,1H3,(H,12,14)(H,15,16). The highest BCUT2D eigenvalue weighted by atomic mass is 16.4. The fourth-order valence-electron chi connectivity index (χ4n) is 2.12. The fraction of sp³-hybridized carbons (Fsp3) is 0.818. The minimum absolute atomic E-state index is 0.0115. The number of aliphatic hydroxyl groups is 1. The molecule has 16 heavy (non-hydrogen) atoms. The van der Waals surface area contributed by atoms with Crippen LogP contribution in [0.15, 0.2) is 0 Å². The lowest BCUT2D eigenvalue weighted by Crippen LogP contribution is -2.35. The molecule has 1 aliphatic rings. The van der Waals surface area contributed by atoms with Crippen LogP contribution in [0.5, 0.6) is 0 Å². The number of aliphatic hydroxyl groups excluding tert-OH is 1. The molecular formula is C11H19NO4. The van der Waals surface area contributed by atoms with Crippen molar-refractivity contribution in [2.24, 2.45) is 11.8 Å². The molecule has 0 aliphatic heterocycles. The van der Waals surface area contributed by atoms with E-state index in [2.05, 4.69) is 12.2 Å². The third-order valence-corrected chi connectivity index (χ3v) is 3.20. The van der Waals surface area contributed by atoms with Crippen molar-refractivity contribution >= 4 is 11.9 Å². The zero-order chi connectivity index (χ0) is 12.1. The number of carbonyl (C=O) groups excluding carboxylic acids is 1. The van der Waals surface area contributed by atoms with Gasteiger partial charge in [0.05, 0.1) is 0 Å². The summed E-state index contributed by atoms with van der Waals surface area (Å²) in [5.74, 6) is -0.794. The molecule has 1 fully saturated rings. The van der Waals surface area contributed by atoms with Gasteiger partial charge in [0.1, 0.15) is 0 Å². The summed E-state index contributed by atoms with van der Waals surface area (Å²) in [6.45, 7) is 2.28. The highest BCUT2D eigenvalue weighted by Crippen LogP contribution is 2.30. The lowest BCUT2D eigenvalue weighted by Gasteiger charge is -2.15. The van der Waals surface area contributed by atoms with E-state index in [-0.39, 0.29) is 24.8 Å². The van der Waals surface area contributed by atoms with E-state index in [0.717, 1.165) is 19.3 Å². The molecule has 92 valence electrons. The molecule has 0 spiro atoms. The van der Waals surface area contributed by atoms with Crippen LogP contribution in [0, 0.1) is 11.8 Å². The van der Waals surface area contributed by atoms with Crippen molar-refractivity contribution in [2.75, 3.05) is 6.54 Å². The average molecular weight is 229 g/mol. The number of carbonyl (C=O) groups is 2. The molecule has 0 heterocycles. The van der Waals surface area contributed by atoms with E-state index in [1.165, 1.54) is 0 Å². The Kier molecular flexibility index (Phi) is 4.73. The maximum absolute atomic E-state index is 11.7. The molecule has 0 bridgehead atoms. The smallest absolute Gasteiger partial charge is 0.332 e. The van der Waals surface area contributed by atoms with Gasteiger partial charge in [-0.2, -0.15) is 0 Å². The number of aliphatic carboxylic acids is 1. The van der Waals surface area contributed by atoms with E-state index in [0.29, 0.717) is 5.92 Å². The van der Waals surface area contributed by atoms with Crippen molar-refractivity contribution in [2.45, 2.75) is 38.7 Å². The van der Waals surface area contributed by atoms with E-state index >= 15 is 0 Å². The van der Waals surface area contributed by atoms with E-state index in [1.807, 2.05) is 0 Å². The van der Waals surface area contributed by atoms with Crippen LogP contribution in [0.25, 0.3) is 0 Å². The van der Waals surface area contributed by atoms with Crippen molar-refractivity contribution in [1.29, 1.82) is 0 Å². The summed E-state index contributed by atoms with van der Waals surface area (Å²) in [7, 11) is 0. The molecule has 3 N–H and O–H groups in total. The van der Waals surface area contributed by atoms with E-state index < -0.39 is 12.1 Å². The zero-order valence-electron chi connectivity index (χ0n) is 9.48. The molecule has 3 unspecified atom stereocenters. The topological polar surface area (TPSA) is 86.6 Å². The van der Waals surface area contributed by atoms with Gasteiger partial charge < -0.3 is 15.5 Å². The maximum atomic E-state index is 11.7. The maximum Gasteiger partial charge on any atom is 0.332 e. The van der Waals surface area contributed by atoms with Gasteiger partial charge in [-0.1, -0.05) is 13.3 Å². The average Bonchev–Trinajstić information content (AvgIpc) is 2.64. The van der Waals surface area contributed by atoms with Crippen LogP contribution in [0.2, 0.25) is 0 Å². The Morgan fingerprint density at radius 3 is 2.62 bits per heavy atom. The minimum Gasteiger partial charge on any atom is -0.479 e. The van der Waals surface area contributed by atoms with Crippen molar-refractivity contribution < 1.29 is 19.8 Å². The molecule has 5 heteroatoms. The summed E-state index contributed by atoms with van der Waals surface area (Å²) in [6.07, 6.45) is 1.74. The first kappa shape index (κ1) is 13.0. The molecule has 3 atom stereocenters. The summed E-state index contributed by atoms with van der Waals surface area (Å²) < 4.78 is 0. The Hall–Kier alpha value is -1.10. The largest absolute Gasteiger partial charge is 0.479 e. The van der Waals surface area contributed by atoms with Crippen LogP contribution in [0.3, 0.4) is 0 Å². The first-order valence-electron chi connectivity index (χ1n) is 5.71. The first-order valence-corrected chi connectivity index (χ1v) is 5.71. The fourth-order valence-corrected chi connectivity index (χ4v) is 2.12. The molecule has 1 rings (SSSR count). The van der Waals surface area contributed by atoms with Gasteiger partial charge in [-0.15, -0.1) is 0 Å². The molecule has 0 radical (unpaired) electrons. The van der Waals surface area contributed by atoms with Gasteiger partial charge in [0, 0.05) is 18.9 Å². The lowest BCUT2D eigenvalue weighted by molar-refractivity contribution is -0.147. The number of hydrogen-bond acceptors (Lipinski definition) is 3. The van der Waals surface area contributed by atoms with Crippen LogP contribution >= 0.6 is 0 Å². The Morgan fingerprint density at radius 1 is 1.44 bits per heavy atom. The van der Waals surface area contributed by atoms with Gasteiger partial charge in [0.25, 0.3) is 0 Å². The molecule has 1 amide bonds. The number of nitrogens with one attached hydrogen (secondary N) is 1. The normalized spacial score (nSPS) is 26.4. The van der Waals surface area contributed by atoms with Crippen LogP contribution in [-0.2, 0) is 9.59 Å². The van der Waals surface area contributed by atoms with Crippen LogP contribution in [0.4, 0.5) is 0 Å². The van der Waals surface area contributed by atoms with Crippen LogP contribution < -0.4 is 5.32 Å². The predicted molar refractivity (Wildman–Crippen MR) is 57.8 cm³/mol. The predicted octanol–water partition coefficient (Wildman–Crippen LogP) is 0.374. The van der Waals surface area contributed by atoms with Gasteiger partial charge in [0.2, 0.25) is 5.91 Å². The third kappa shape index (κ3) is 3.48. The highest BCUT2D eigenvalue weighted by molar-refractivity contribution is 5.79. The van der Waals surface area contributed by atoms with Gasteiger partial charge in [-0.3, -0.25) is 4.79 Å². The van der Waals surface area contributed by atoms with Crippen molar-refractivity contribution in [3.05, 3.63) is 0 Å². The number of rotatable bonds is 5. The minimum atomic E-state index is -1.39. The third-order valence-electron chi connectivity index (χ3n) is 3.20. The SMILES string of the molecule is CC1CCCC1C(=O)NCCC(O)C(=O)O. The molecule has 0 aromatic rings. The number of amides is 1. The van der Waals surface area contributed by atoms with E-state index in [1.54, 1.807) is 0 Å². The van der Waals surface area contributed by atoms with Gasteiger partial charge in [-0.05, 0) is 18.8 Å². The second kappa shape index (κ2) is 5.84. The summed E-state index contributed by atoms with van der Waals surface area (Å²) in [5, 5.41) is 20.1. The molecule has 0 saturated heterocycles. The van der Waals surface area contributed by atoms with Gasteiger partial charge in [0.15, 0.2) is 6.10 Å². The lowest BCUT2D eigenvalue weighted by atomic mass is 9.97. The zero-order valence-corrected chi connectivity index (χ0v) is 9.48.